The first-order valence-electron chi connectivity index (χ1n) is 11.7. The van der Waals surface area contributed by atoms with Crippen molar-refractivity contribution < 1.29 is 22.9 Å². The van der Waals surface area contributed by atoms with Crippen molar-refractivity contribution in [1.82, 2.24) is 30.3 Å². The number of benzene rings is 1. The second-order valence-electron chi connectivity index (χ2n) is 9.49. The van der Waals surface area contributed by atoms with Gasteiger partial charge in [0.2, 0.25) is 17.7 Å². The normalized spacial score (nSPS) is 16.3. The smallest absolute Gasteiger partial charge is 0.246 e. The van der Waals surface area contributed by atoms with Crippen LogP contribution in [0.1, 0.15) is 50.0 Å². The molecule has 1 aromatic carbocycles. The number of fused-ring (bicyclic) bond motifs is 1. The third-order valence-electron chi connectivity index (χ3n) is 6.35. The first kappa shape index (κ1) is 25.4. The van der Waals surface area contributed by atoms with Gasteiger partial charge in [-0.1, -0.05) is 5.16 Å². The van der Waals surface area contributed by atoms with Crippen LogP contribution < -0.4 is 16.0 Å². The number of nitrogens with zero attached hydrogens (tertiary/aromatic N) is 4. The molecule has 36 heavy (non-hydrogen) atoms. The van der Waals surface area contributed by atoms with E-state index in [1.54, 1.807) is 38.5 Å². The SMILES string of the molecule is Cc1noc(CNC(=O)C(C)(C)n2cnc(NC(=O)[C@H](C)NC3CCc4cc(F)cc(F)c4C3)c2)n1. The number of rotatable bonds is 8. The minimum absolute atomic E-state index is 0.0923. The molecule has 0 bridgehead atoms. The van der Waals surface area contributed by atoms with Crippen LogP contribution in [0.25, 0.3) is 0 Å². The van der Waals surface area contributed by atoms with Gasteiger partial charge in [0.05, 0.1) is 18.9 Å². The van der Waals surface area contributed by atoms with Crippen molar-refractivity contribution in [3.05, 3.63) is 59.1 Å². The van der Waals surface area contributed by atoms with Crippen LogP contribution in [0, 0.1) is 18.6 Å². The van der Waals surface area contributed by atoms with Crippen LogP contribution in [0.4, 0.5) is 14.6 Å². The van der Waals surface area contributed by atoms with Gasteiger partial charge in [-0.2, -0.15) is 4.98 Å². The fourth-order valence-electron chi connectivity index (χ4n) is 4.19. The summed E-state index contributed by atoms with van der Waals surface area (Å²) < 4.78 is 34.2. The van der Waals surface area contributed by atoms with E-state index in [0.29, 0.717) is 42.1 Å². The minimum Gasteiger partial charge on any atom is -0.345 e. The van der Waals surface area contributed by atoms with Gasteiger partial charge >= 0.3 is 0 Å². The van der Waals surface area contributed by atoms with Gasteiger partial charge in [0.25, 0.3) is 0 Å². The van der Waals surface area contributed by atoms with Gasteiger partial charge < -0.3 is 25.0 Å². The second-order valence-corrected chi connectivity index (χ2v) is 9.49. The molecule has 3 aromatic rings. The quantitative estimate of drug-likeness (QED) is 0.433. The molecule has 0 aliphatic heterocycles. The van der Waals surface area contributed by atoms with Crippen LogP contribution >= 0.6 is 0 Å². The number of amides is 2. The predicted octanol–water partition coefficient (Wildman–Crippen LogP) is 2.38. The van der Waals surface area contributed by atoms with Crippen LogP contribution in [0.3, 0.4) is 0 Å². The standard InChI is InChI=1S/C24H29F2N7O3/c1-13(29-17-6-5-15-7-16(25)8-19(26)18(15)9-17)22(34)31-20-11-33(12-28-20)24(3,4)23(35)27-10-21-30-14(2)32-36-21/h7-8,11-13,17,29H,5-6,9-10H2,1-4H3,(H,27,35)(H,31,34)/t13-,17?/m0/s1. The average Bonchev–Trinajstić information content (AvgIpc) is 3.47. The summed E-state index contributed by atoms with van der Waals surface area (Å²) in [5, 5.41) is 12.4. The molecule has 1 aliphatic carbocycles. The largest absolute Gasteiger partial charge is 0.345 e. The highest BCUT2D eigenvalue weighted by Crippen LogP contribution is 2.25. The number of aryl methyl sites for hydroxylation is 2. The molecule has 2 amide bonds. The van der Waals surface area contributed by atoms with E-state index in [4.69, 9.17) is 4.52 Å². The lowest BCUT2D eigenvalue weighted by molar-refractivity contribution is -0.128. The Balaban J connectivity index is 1.32. The van der Waals surface area contributed by atoms with E-state index in [2.05, 4.69) is 31.1 Å². The van der Waals surface area contributed by atoms with Gasteiger partial charge in [-0.25, -0.2) is 13.8 Å². The van der Waals surface area contributed by atoms with Gasteiger partial charge in [-0.15, -0.1) is 0 Å². The van der Waals surface area contributed by atoms with Crippen LogP contribution in [0.5, 0.6) is 0 Å². The number of carbonyl (C=O) groups is 2. The zero-order valence-corrected chi connectivity index (χ0v) is 20.6. The Labute approximate surface area is 206 Å². The molecule has 0 spiro atoms. The van der Waals surface area contributed by atoms with Crippen molar-refractivity contribution in [3.8, 4) is 0 Å². The summed E-state index contributed by atoms with van der Waals surface area (Å²) in [6.45, 7) is 6.91. The van der Waals surface area contributed by atoms with Crippen molar-refractivity contribution in [1.29, 1.82) is 0 Å². The van der Waals surface area contributed by atoms with Crippen LogP contribution in [-0.2, 0) is 34.5 Å². The van der Waals surface area contributed by atoms with Gasteiger partial charge in [-0.3, -0.25) is 9.59 Å². The van der Waals surface area contributed by atoms with E-state index in [9.17, 15) is 18.4 Å². The molecule has 1 unspecified atom stereocenters. The molecule has 12 heteroatoms. The fraction of sp³-hybridized carbons (Fsp3) is 0.458. The highest BCUT2D eigenvalue weighted by atomic mass is 19.1. The third kappa shape index (κ3) is 5.59. The summed E-state index contributed by atoms with van der Waals surface area (Å²) >= 11 is 0. The van der Waals surface area contributed by atoms with Crippen LogP contribution in [0.15, 0.2) is 29.2 Å². The van der Waals surface area contributed by atoms with Crippen molar-refractivity contribution >= 4 is 17.6 Å². The molecule has 0 radical (unpaired) electrons. The zero-order valence-electron chi connectivity index (χ0n) is 20.6. The maximum atomic E-state index is 14.2. The highest BCUT2D eigenvalue weighted by Gasteiger charge is 2.31. The number of hydrogen-bond acceptors (Lipinski definition) is 7. The summed E-state index contributed by atoms with van der Waals surface area (Å²) in [7, 11) is 0. The Hall–Kier alpha value is -3.67. The Kier molecular flexibility index (Phi) is 7.16. The number of carbonyl (C=O) groups excluding carboxylic acids is 2. The lowest BCUT2D eigenvalue weighted by Gasteiger charge is -2.28. The summed E-state index contributed by atoms with van der Waals surface area (Å²) in [5.74, 6) is -0.683. The molecule has 0 fully saturated rings. The van der Waals surface area contributed by atoms with E-state index in [0.717, 1.165) is 6.07 Å². The predicted molar refractivity (Wildman–Crippen MR) is 126 cm³/mol. The summed E-state index contributed by atoms with van der Waals surface area (Å²) in [6, 6.07) is 1.55. The minimum atomic E-state index is -1.01. The lowest BCUT2D eigenvalue weighted by atomic mass is 9.87. The summed E-state index contributed by atoms with van der Waals surface area (Å²) in [5.41, 5.74) is 0.154. The number of hydrogen-bond donors (Lipinski definition) is 3. The first-order chi connectivity index (χ1) is 17.0. The Morgan fingerprint density at radius 1 is 1.31 bits per heavy atom. The molecule has 2 aromatic heterocycles. The molecule has 2 atom stereocenters. The summed E-state index contributed by atoms with van der Waals surface area (Å²) in [4.78, 5) is 33.7. The number of aromatic nitrogens is 4. The molecular weight excluding hydrogens is 472 g/mol. The molecule has 192 valence electrons. The molecule has 3 N–H and O–H groups in total. The first-order valence-corrected chi connectivity index (χ1v) is 11.7. The topological polar surface area (TPSA) is 127 Å². The second kappa shape index (κ2) is 10.1. The molecule has 0 saturated heterocycles. The van der Waals surface area contributed by atoms with Gasteiger partial charge in [0.1, 0.15) is 17.2 Å². The van der Waals surface area contributed by atoms with E-state index >= 15 is 0 Å². The van der Waals surface area contributed by atoms with E-state index in [1.165, 1.54) is 12.4 Å². The van der Waals surface area contributed by atoms with E-state index in [1.807, 2.05) is 0 Å². The van der Waals surface area contributed by atoms with E-state index < -0.39 is 23.2 Å². The van der Waals surface area contributed by atoms with Gasteiger partial charge in [-0.05, 0) is 64.2 Å². The number of halogens is 2. The van der Waals surface area contributed by atoms with Crippen LogP contribution in [0.2, 0.25) is 0 Å². The molecule has 0 saturated carbocycles. The molecular formula is C24H29F2N7O3. The van der Waals surface area contributed by atoms with Gasteiger partial charge in [0.15, 0.2) is 11.6 Å². The molecule has 2 heterocycles. The number of nitrogens with one attached hydrogen (secondary N) is 3. The van der Waals surface area contributed by atoms with Crippen molar-refractivity contribution in [2.75, 3.05) is 5.32 Å². The Morgan fingerprint density at radius 3 is 2.81 bits per heavy atom. The monoisotopic (exact) mass is 501 g/mol. The average molecular weight is 502 g/mol. The number of anilines is 1. The van der Waals surface area contributed by atoms with Crippen molar-refractivity contribution in [3.63, 3.8) is 0 Å². The maximum absolute atomic E-state index is 14.2. The lowest BCUT2D eigenvalue weighted by Crippen LogP contribution is -2.46. The molecule has 10 nitrogen and oxygen atoms in total. The zero-order chi connectivity index (χ0) is 26.0. The molecule has 1 aliphatic rings. The summed E-state index contributed by atoms with van der Waals surface area (Å²) in [6.07, 6.45) is 4.60. The van der Waals surface area contributed by atoms with Crippen molar-refractivity contribution in [2.24, 2.45) is 0 Å². The maximum Gasteiger partial charge on any atom is 0.246 e. The number of imidazole rings is 1. The highest BCUT2D eigenvalue weighted by molar-refractivity contribution is 5.93. The fourth-order valence-corrected chi connectivity index (χ4v) is 4.19. The van der Waals surface area contributed by atoms with Crippen LogP contribution in [-0.4, -0.2) is 43.6 Å². The third-order valence-corrected chi connectivity index (χ3v) is 6.35. The molecule has 4 rings (SSSR count). The Bertz CT molecular complexity index is 1270. The Morgan fingerprint density at radius 2 is 2.08 bits per heavy atom. The van der Waals surface area contributed by atoms with Gasteiger partial charge in [0, 0.05) is 18.3 Å². The van der Waals surface area contributed by atoms with E-state index in [-0.39, 0.29) is 30.2 Å². The van der Waals surface area contributed by atoms with Crippen molar-refractivity contribution in [2.45, 2.75) is 71.1 Å².